The molecule has 3 aromatic carbocycles. The Hall–Kier alpha value is -3.44. The minimum Gasteiger partial charge on any atom is -0.481 e. The fraction of sp³-hybridized carbons (Fsp3) is 0.333. The highest BCUT2D eigenvalue weighted by Crippen LogP contribution is 2.24. The van der Waals surface area contributed by atoms with Gasteiger partial charge in [0.05, 0.1) is 6.42 Å². The molecule has 1 saturated heterocycles. The second-order valence-corrected chi connectivity index (χ2v) is 8.82. The van der Waals surface area contributed by atoms with Crippen LogP contribution in [-0.4, -0.2) is 47.6 Å². The van der Waals surface area contributed by atoms with Crippen molar-refractivity contribution >= 4 is 17.6 Å². The Balaban J connectivity index is 0.000000287. The Kier molecular flexibility index (Phi) is 10.5. The molecule has 1 aliphatic heterocycles. The fourth-order valence-electron chi connectivity index (χ4n) is 4.42. The molecule has 184 valence electrons. The van der Waals surface area contributed by atoms with Gasteiger partial charge in [0, 0.05) is 37.8 Å². The van der Waals surface area contributed by atoms with Gasteiger partial charge in [0.2, 0.25) is 5.91 Å². The highest BCUT2D eigenvalue weighted by Gasteiger charge is 2.28. The Morgan fingerprint density at radius 3 is 1.86 bits per heavy atom. The standard InChI is InChI=1S/C22H28N2O.C8H8O2/c1-2-22(25)24(20-11-7-4-8-12-20)21-14-17-23(18-15-21)16-13-19-9-5-3-6-10-19;9-8(10)6-7-4-2-1-3-5-7/h3-12,21H,2,13-18H2,1H3;1-5H,6H2,(H,9,10). The molecule has 1 aliphatic rings. The minimum atomic E-state index is -0.786. The lowest BCUT2D eigenvalue weighted by Gasteiger charge is -2.38. The van der Waals surface area contributed by atoms with Crippen molar-refractivity contribution in [3.63, 3.8) is 0 Å². The van der Waals surface area contributed by atoms with E-state index in [-0.39, 0.29) is 12.3 Å². The summed E-state index contributed by atoms with van der Waals surface area (Å²) in [6.07, 6.45) is 3.87. The number of carbonyl (C=O) groups is 2. The zero-order valence-electron chi connectivity index (χ0n) is 20.6. The maximum absolute atomic E-state index is 12.5. The summed E-state index contributed by atoms with van der Waals surface area (Å²) in [5.74, 6) is -0.555. The van der Waals surface area contributed by atoms with Crippen LogP contribution in [0.25, 0.3) is 0 Å². The van der Waals surface area contributed by atoms with Crippen LogP contribution in [0.3, 0.4) is 0 Å². The minimum absolute atomic E-state index is 0.112. The number of aliphatic carboxylic acids is 1. The van der Waals surface area contributed by atoms with Crippen LogP contribution in [0.5, 0.6) is 0 Å². The van der Waals surface area contributed by atoms with E-state index >= 15 is 0 Å². The Morgan fingerprint density at radius 2 is 1.34 bits per heavy atom. The van der Waals surface area contributed by atoms with Crippen LogP contribution < -0.4 is 4.90 Å². The van der Waals surface area contributed by atoms with Gasteiger partial charge in [-0.1, -0.05) is 85.8 Å². The van der Waals surface area contributed by atoms with Crippen molar-refractivity contribution in [1.82, 2.24) is 4.90 Å². The van der Waals surface area contributed by atoms with E-state index in [2.05, 4.69) is 47.4 Å². The third-order valence-electron chi connectivity index (χ3n) is 6.29. The number of anilines is 1. The monoisotopic (exact) mass is 472 g/mol. The lowest BCUT2D eigenvalue weighted by molar-refractivity contribution is -0.136. The second-order valence-electron chi connectivity index (χ2n) is 8.82. The first-order chi connectivity index (χ1) is 17.1. The molecule has 5 nitrogen and oxygen atoms in total. The van der Waals surface area contributed by atoms with E-state index in [4.69, 9.17) is 5.11 Å². The Morgan fingerprint density at radius 1 is 0.829 bits per heavy atom. The molecule has 35 heavy (non-hydrogen) atoms. The van der Waals surface area contributed by atoms with Gasteiger partial charge in [-0.15, -0.1) is 0 Å². The lowest BCUT2D eigenvalue weighted by atomic mass is 10.0. The molecule has 4 rings (SSSR count). The van der Waals surface area contributed by atoms with Crippen LogP contribution in [0.4, 0.5) is 5.69 Å². The highest BCUT2D eigenvalue weighted by atomic mass is 16.4. The number of carboxylic acid groups (broad SMARTS) is 1. The zero-order valence-corrected chi connectivity index (χ0v) is 20.6. The number of hydrogen-bond acceptors (Lipinski definition) is 3. The number of para-hydroxylation sites is 1. The van der Waals surface area contributed by atoms with E-state index in [9.17, 15) is 9.59 Å². The van der Waals surface area contributed by atoms with Crippen molar-refractivity contribution in [2.24, 2.45) is 0 Å². The Labute approximate surface area is 209 Å². The van der Waals surface area contributed by atoms with Gasteiger partial charge in [-0.25, -0.2) is 0 Å². The van der Waals surface area contributed by atoms with Gasteiger partial charge in [-0.3, -0.25) is 9.59 Å². The van der Waals surface area contributed by atoms with Gasteiger partial charge in [0.15, 0.2) is 0 Å². The highest BCUT2D eigenvalue weighted by molar-refractivity contribution is 5.93. The number of carbonyl (C=O) groups excluding carboxylic acids is 1. The van der Waals surface area contributed by atoms with Crippen molar-refractivity contribution < 1.29 is 14.7 Å². The predicted molar refractivity (Wildman–Crippen MR) is 142 cm³/mol. The van der Waals surface area contributed by atoms with Crippen molar-refractivity contribution in [2.45, 2.75) is 45.1 Å². The molecule has 0 radical (unpaired) electrons. The topological polar surface area (TPSA) is 60.9 Å². The first kappa shape index (κ1) is 26.2. The van der Waals surface area contributed by atoms with Crippen molar-refractivity contribution in [2.75, 3.05) is 24.5 Å². The predicted octanol–water partition coefficient (Wildman–Crippen LogP) is 5.45. The number of nitrogens with zero attached hydrogens (tertiary/aromatic N) is 2. The lowest BCUT2D eigenvalue weighted by Crippen LogP contribution is -2.47. The molecule has 0 spiro atoms. The van der Waals surface area contributed by atoms with E-state index in [0.717, 1.165) is 50.1 Å². The summed E-state index contributed by atoms with van der Waals surface area (Å²) < 4.78 is 0. The second kappa shape index (κ2) is 14.1. The number of hydrogen-bond donors (Lipinski definition) is 1. The van der Waals surface area contributed by atoms with Gasteiger partial charge in [-0.05, 0) is 42.5 Å². The third-order valence-corrected chi connectivity index (χ3v) is 6.29. The molecule has 1 fully saturated rings. The van der Waals surface area contributed by atoms with Crippen LogP contribution in [0, 0.1) is 0 Å². The molecule has 1 heterocycles. The molecule has 0 saturated carbocycles. The first-order valence-electron chi connectivity index (χ1n) is 12.5. The van der Waals surface area contributed by atoms with E-state index in [1.54, 1.807) is 12.1 Å². The summed E-state index contributed by atoms with van der Waals surface area (Å²) in [5, 5.41) is 8.37. The molecule has 0 aromatic heterocycles. The van der Waals surface area contributed by atoms with Crippen LogP contribution in [0.15, 0.2) is 91.0 Å². The van der Waals surface area contributed by atoms with Crippen LogP contribution in [0.1, 0.15) is 37.3 Å². The molecule has 3 aromatic rings. The first-order valence-corrected chi connectivity index (χ1v) is 12.5. The number of rotatable bonds is 8. The van der Waals surface area contributed by atoms with Crippen LogP contribution in [0.2, 0.25) is 0 Å². The molecule has 0 unspecified atom stereocenters. The summed E-state index contributed by atoms with van der Waals surface area (Å²) in [5.41, 5.74) is 3.28. The van der Waals surface area contributed by atoms with Gasteiger partial charge < -0.3 is 14.9 Å². The van der Waals surface area contributed by atoms with Crippen molar-refractivity contribution in [1.29, 1.82) is 0 Å². The van der Waals surface area contributed by atoms with Crippen LogP contribution >= 0.6 is 0 Å². The molecule has 0 aliphatic carbocycles. The maximum Gasteiger partial charge on any atom is 0.307 e. The smallest absolute Gasteiger partial charge is 0.307 e. The SMILES string of the molecule is CCC(=O)N(c1ccccc1)C1CCN(CCc2ccccc2)CC1.O=C(O)Cc1ccccc1. The summed E-state index contributed by atoms with van der Waals surface area (Å²) in [7, 11) is 0. The van der Waals surface area contributed by atoms with Gasteiger partial charge in [0.1, 0.15) is 0 Å². The Bertz CT molecular complexity index is 1020. The number of carboxylic acids is 1. The quantitative estimate of drug-likeness (QED) is 0.474. The molecule has 1 amide bonds. The fourth-order valence-corrected chi connectivity index (χ4v) is 4.42. The molecular weight excluding hydrogens is 436 g/mol. The summed E-state index contributed by atoms with van der Waals surface area (Å²) in [6.45, 7) is 5.19. The number of amides is 1. The van der Waals surface area contributed by atoms with Crippen molar-refractivity contribution in [3.8, 4) is 0 Å². The normalized spacial score (nSPS) is 14.0. The number of benzene rings is 3. The van der Waals surface area contributed by atoms with E-state index < -0.39 is 5.97 Å². The molecule has 0 atom stereocenters. The average Bonchev–Trinajstić information content (AvgIpc) is 2.90. The third kappa shape index (κ3) is 8.69. The number of piperidine rings is 1. The van der Waals surface area contributed by atoms with Gasteiger partial charge in [-0.2, -0.15) is 0 Å². The largest absolute Gasteiger partial charge is 0.481 e. The maximum atomic E-state index is 12.5. The molecule has 0 bridgehead atoms. The molecule has 5 heteroatoms. The molecule has 1 N–H and O–H groups in total. The van der Waals surface area contributed by atoms with E-state index in [1.165, 1.54) is 5.56 Å². The average molecular weight is 473 g/mol. The van der Waals surface area contributed by atoms with Gasteiger partial charge >= 0.3 is 5.97 Å². The summed E-state index contributed by atoms with van der Waals surface area (Å²) in [6, 6.07) is 30.3. The van der Waals surface area contributed by atoms with Crippen LogP contribution in [-0.2, 0) is 22.4 Å². The van der Waals surface area contributed by atoms with E-state index in [1.807, 2.05) is 48.2 Å². The zero-order chi connectivity index (χ0) is 24.9. The summed E-state index contributed by atoms with van der Waals surface area (Å²) >= 11 is 0. The van der Waals surface area contributed by atoms with E-state index in [0.29, 0.717) is 12.5 Å². The molecular formula is C30H36N2O3. The summed E-state index contributed by atoms with van der Waals surface area (Å²) in [4.78, 5) is 27.3. The van der Waals surface area contributed by atoms with Crippen molar-refractivity contribution in [3.05, 3.63) is 102 Å². The number of likely N-dealkylation sites (tertiary alicyclic amines) is 1. The van der Waals surface area contributed by atoms with Gasteiger partial charge in [0.25, 0.3) is 0 Å².